The molecule has 2 rings (SSSR count). The number of likely N-dealkylation sites (tertiary alicyclic amines) is 1. The number of hydrogen-bond acceptors (Lipinski definition) is 6. The van der Waals surface area contributed by atoms with E-state index in [1.165, 1.54) is 31.4 Å². The quantitative estimate of drug-likeness (QED) is 0.601. The lowest BCUT2D eigenvalue weighted by Crippen LogP contribution is -2.49. The van der Waals surface area contributed by atoms with E-state index in [1.807, 2.05) is 0 Å². The van der Waals surface area contributed by atoms with Gasteiger partial charge in [-0.3, -0.25) is 9.59 Å². The van der Waals surface area contributed by atoms with Gasteiger partial charge in [-0.2, -0.15) is 0 Å². The minimum atomic E-state index is -0.798. The zero-order valence-corrected chi connectivity index (χ0v) is 15.3. The van der Waals surface area contributed by atoms with Crippen LogP contribution >= 0.6 is 0 Å². The third-order valence-electron chi connectivity index (χ3n) is 4.13. The van der Waals surface area contributed by atoms with Gasteiger partial charge in [0.15, 0.2) is 0 Å². The van der Waals surface area contributed by atoms with Crippen LogP contribution in [-0.4, -0.2) is 61.6 Å². The fraction of sp³-hybridized carbons (Fsp3) is 0.444. The molecule has 9 heteroatoms. The Morgan fingerprint density at radius 2 is 1.70 bits per heavy atom. The standard InChI is InChI=1S/C18H23N3O6/c1-3-27-18(25)21-10-8-14(9-11-21)20-16(23)15(22)19-13-6-4-12(5-7-13)17(24)26-2/h4-7,14H,3,8-11H2,1-2H3,(H,19,22)(H,20,23). The number of anilines is 1. The number of carbonyl (C=O) groups is 4. The van der Waals surface area contributed by atoms with Gasteiger partial charge in [0, 0.05) is 24.8 Å². The van der Waals surface area contributed by atoms with E-state index in [9.17, 15) is 19.2 Å². The van der Waals surface area contributed by atoms with Crippen molar-refractivity contribution in [1.82, 2.24) is 10.2 Å². The van der Waals surface area contributed by atoms with E-state index >= 15 is 0 Å². The molecule has 1 aromatic rings. The summed E-state index contributed by atoms with van der Waals surface area (Å²) in [6, 6.07) is 5.81. The molecule has 0 bridgehead atoms. The second kappa shape index (κ2) is 9.56. The van der Waals surface area contributed by atoms with Crippen molar-refractivity contribution in [3.05, 3.63) is 29.8 Å². The third kappa shape index (κ3) is 5.70. The zero-order chi connectivity index (χ0) is 19.8. The van der Waals surface area contributed by atoms with Gasteiger partial charge in [-0.15, -0.1) is 0 Å². The first-order valence-corrected chi connectivity index (χ1v) is 8.66. The maximum atomic E-state index is 12.1. The van der Waals surface area contributed by atoms with Crippen LogP contribution in [0.3, 0.4) is 0 Å². The second-order valence-corrected chi connectivity index (χ2v) is 5.96. The smallest absolute Gasteiger partial charge is 0.409 e. The predicted molar refractivity (Wildman–Crippen MR) is 96.2 cm³/mol. The average Bonchev–Trinajstić information content (AvgIpc) is 2.68. The number of esters is 1. The topological polar surface area (TPSA) is 114 Å². The highest BCUT2D eigenvalue weighted by Gasteiger charge is 2.26. The van der Waals surface area contributed by atoms with Gasteiger partial charge in [0.1, 0.15) is 0 Å². The molecule has 0 radical (unpaired) electrons. The molecule has 1 heterocycles. The molecule has 2 N–H and O–H groups in total. The Hall–Kier alpha value is -3.10. The molecule has 0 unspecified atom stereocenters. The van der Waals surface area contributed by atoms with Crippen LogP contribution in [0.1, 0.15) is 30.1 Å². The molecule has 1 aliphatic heterocycles. The maximum absolute atomic E-state index is 12.1. The molecule has 3 amide bonds. The first kappa shape index (κ1) is 20.2. The Labute approximate surface area is 157 Å². The summed E-state index contributed by atoms with van der Waals surface area (Å²) in [7, 11) is 1.28. The molecule has 0 spiro atoms. The number of nitrogens with one attached hydrogen (secondary N) is 2. The Morgan fingerprint density at radius 1 is 1.07 bits per heavy atom. The second-order valence-electron chi connectivity index (χ2n) is 5.96. The Kier molecular flexibility index (Phi) is 7.16. The van der Waals surface area contributed by atoms with E-state index in [1.54, 1.807) is 11.8 Å². The number of benzene rings is 1. The predicted octanol–water partition coefficient (Wildman–Crippen LogP) is 1.15. The molecular formula is C18H23N3O6. The van der Waals surface area contributed by atoms with Crippen LogP contribution in [0.2, 0.25) is 0 Å². The molecule has 1 aromatic carbocycles. The molecule has 9 nitrogen and oxygen atoms in total. The van der Waals surface area contributed by atoms with Crippen LogP contribution in [-0.2, 0) is 19.1 Å². The number of carbonyl (C=O) groups excluding carboxylic acids is 4. The number of piperidine rings is 1. The highest BCUT2D eigenvalue weighted by Crippen LogP contribution is 2.13. The van der Waals surface area contributed by atoms with Crippen molar-refractivity contribution in [1.29, 1.82) is 0 Å². The number of amides is 3. The fourth-order valence-corrected chi connectivity index (χ4v) is 2.67. The molecule has 0 aliphatic carbocycles. The van der Waals surface area contributed by atoms with Crippen molar-refractivity contribution in [2.24, 2.45) is 0 Å². The fourth-order valence-electron chi connectivity index (χ4n) is 2.67. The summed E-state index contributed by atoms with van der Waals surface area (Å²) in [5.41, 5.74) is 0.730. The van der Waals surface area contributed by atoms with E-state index in [4.69, 9.17) is 4.74 Å². The van der Waals surface area contributed by atoms with Crippen LogP contribution in [0.25, 0.3) is 0 Å². The van der Waals surface area contributed by atoms with Crippen molar-refractivity contribution >= 4 is 29.6 Å². The van der Waals surface area contributed by atoms with Gasteiger partial charge in [-0.25, -0.2) is 9.59 Å². The van der Waals surface area contributed by atoms with E-state index in [2.05, 4.69) is 15.4 Å². The number of hydrogen-bond donors (Lipinski definition) is 2. The highest BCUT2D eigenvalue weighted by atomic mass is 16.6. The molecule has 27 heavy (non-hydrogen) atoms. The van der Waals surface area contributed by atoms with E-state index in [-0.39, 0.29) is 12.1 Å². The number of ether oxygens (including phenoxy) is 2. The Balaban J connectivity index is 1.80. The Bertz CT molecular complexity index is 696. The van der Waals surface area contributed by atoms with Gasteiger partial charge >= 0.3 is 23.9 Å². The summed E-state index contributed by atoms with van der Waals surface area (Å²) in [6.07, 6.45) is 0.729. The summed E-state index contributed by atoms with van der Waals surface area (Å²) in [4.78, 5) is 48.7. The molecule has 146 valence electrons. The summed E-state index contributed by atoms with van der Waals surface area (Å²) in [5, 5.41) is 5.14. The lowest BCUT2D eigenvalue weighted by Gasteiger charge is -2.31. The lowest BCUT2D eigenvalue weighted by atomic mass is 10.1. The number of rotatable bonds is 4. The molecule has 0 saturated carbocycles. The average molecular weight is 377 g/mol. The summed E-state index contributed by atoms with van der Waals surface area (Å²) in [6.45, 7) is 2.98. The molecule has 1 saturated heterocycles. The molecule has 1 aliphatic rings. The van der Waals surface area contributed by atoms with E-state index < -0.39 is 17.8 Å². The molecule has 1 fully saturated rings. The summed E-state index contributed by atoms with van der Waals surface area (Å²) in [5.74, 6) is -2.03. The van der Waals surface area contributed by atoms with Crippen molar-refractivity contribution in [3.8, 4) is 0 Å². The van der Waals surface area contributed by atoms with Crippen molar-refractivity contribution in [2.75, 3.05) is 32.1 Å². The van der Waals surface area contributed by atoms with Gasteiger partial charge in [-0.1, -0.05) is 0 Å². The van der Waals surface area contributed by atoms with Crippen molar-refractivity contribution in [2.45, 2.75) is 25.8 Å². The minimum absolute atomic E-state index is 0.185. The Morgan fingerprint density at radius 3 is 2.26 bits per heavy atom. The third-order valence-corrected chi connectivity index (χ3v) is 4.13. The molecular weight excluding hydrogens is 354 g/mol. The zero-order valence-electron chi connectivity index (χ0n) is 15.3. The van der Waals surface area contributed by atoms with Crippen LogP contribution in [0, 0.1) is 0 Å². The number of methoxy groups -OCH3 is 1. The van der Waals surface area contributed by atoms with E-state index in [0.29, 0.717) is 43.8 Å². The van der Waals surface area contributed by atoms with Gasteiger partial charge in [0.2, 0.25) is 0 Å². The van der Waals surface area contributed by atoms with Gasteiger partial charge in [0.05, 0.1) is 19.3 Å². The monoisotopic (exact) mass is 377 g/mol. The SMILES string of the molecule is CCOC(=O)N1CCC(NC(=O)C(=O)Nc2ccc(C(=O)OC)cc2)CC1. The van der Waals surface area contributed by atoms with Crippen LogP contribution in [0.4, 0.5) is 10.5 Å². The summed E-state index contributed by atoms with van der Waals surface area (Å²) >= 11 is 0. The minimum Gasteiger partial charge on any atom is -0.465 e. The van der Waals surface area contributed by atoms with Gasteiger partial charge in [0.25, 0.3) is 0 Å². The van der Waals surface area contributed by atoms with Crippen molar-refractivity contribution < 1.29 is 28.7 Å². The first-order valence-electron chi connectivity index (χ1n) is 8.66. The van der Waals surface area contributed by atoms with Crippen molar-refractivity contribution in [3.63, 3.8) is 0 Å². The van der Waals surface area contributed by atoms with Crippen LogP contribution < -0.4 is 10.6 Å². The molecule has 0 atom stereocenters. The summed E-state index contributed by atoms with van der Waals surface area (Å²) < 4.78 is 9.53. The normalized spacial score (nSPS) is 14.2. The number of nitrogens with zero attached hydrogens (tertiary/aromatic N) is 1. The lowest BCUT2D eigenvalue weighted by molar-refractivity contribution is -0.136. The van der Waals surface area contributed by atoms with Gasteiger partial charge < -0.3 is 25.0 Å². The highest BCUT2D eigenvalue weighted by molar-refractivity contribution is 6.39. The van der Waals surface area contributed by atoms with Gasteiger partial charge in [-0.05, 0) is 44.0 Å². The maximum Gasteiger partial charge on any atom is 0.409 e. The largest absolute Gasteiger partial charge is 0.465 e. The molecule has 0 aromatic heterocycles. The van der Waals surface area contributed by atoms with Crippen LogP contribution in [0.15, 0.2) is 24.3 Å². The first-order chi connectivity index (χ1) is 12.9. The van der Waals surface area contributed by atoms with Crippen LogP contribution in [0.5, 0.6) is 0 Å². The van der Waals surface area contributed by atoms with E-state index in [0.717, 1.165) is 0 Å².